The molecule has 0 aliphatic heterocycles. The van der Waals surface area contributed by atoms with Crippen LogP contribution in [-0.2, 0) is 10.3 Å². The van der Waals surface area contributed by atoms with Gasteiger partial charge in [0.15, 0.2) is 11.6 Å². The Kier molecular flexibility index (Phi) is 4.02. The lowest BCUT2D eigenvalue weighted by Crippen LogP contribution is -2.21. The summed E-state index contributed by atoms with van der Waals surface area (Å²) < 4.78 is 32.4. The van der Waals surface area contributed by atoms with Crippen LogP contribution in [0.2, 0.25) is 0 Å². The van der Waals surface area contributed by atoms with Crippen molar-refractivity contribution in [2.75, 3.05) is 7.11 Å². The predicted molar refractivity (Wildman–Crippen MR) is 68.9 cm³/mol. The molecule has 2 rings (SSSR count). The maximum atomic E-state index is 13.9. The molecule has 1 aromatic carbocycles. The molecule has 0 unspecified atom stereocenters. The number of nitrogens with zero attached hydrogens (tertiary/aromatic N) is 1. The zero-order valence-electron chi connectivity index (χ0n) is 10.3. The number of hydrogen-bond donors (Lipinski definition) is 0. The summed E-state index contributed by atoms with van der Waals surface area (Å²) in [4.78, 5) is 14.5. The third kappa shape index (κ3) is 2.30. The maximum absolute atomic E-state index is 13.9. The standard InChI is InChI=1S/C13H12BrF2NO2/c1-19-12-8(6-9(14)10(15)11(12)16)13(17-7-18)4-2-3-5-13/h6H,2-5H2,1H3. The Morgan fingerprint density at radius 3 is 2.53 bits per heavy atom. The molecule has 1 aliphatic rings. The van der Waals surface area contributed by atoms with E-state index in [0.717, 1.165) is 12.8 Å². The molecule has 6 heteroatoms. The average molecular weight is 332 g/mol. The van der Waals surface area contributed by atoms with E-state index in [1.165, 1.54) is 13.2 Å². The monoisotopic (exact) mass is 331 g/mol. The van der Waals surface area contributed by atoms with Crippen LogP contribution < -0.4 is 4.74 Å². The lowest BCUT2D eigenvalue weighted by Gasteiger charge is -2.25. The molecule has 0 N–H and O–H groups in total. The largest absolute Gasteiger partial charge is 0.493 e. The van der Waals surface area contributed by atoms with Crippen LogP contribution in [0.5, 0.6) is 5.75 Å². The van der Waals surface area contributed by atoms with Crippen LogP contribution in [0, 0.1) is 11.6 Å². The Bertz CT molecular complexity index is 550. The molecule has 0 bridgehead atoms. The second-order valence-corrected chi connectivity index (χ2v) is 5.36. The number of isocyanates is 1. The van der Waals surface area contributed by atoms with Gasteiger partial charge in [-0.15, -0.1) is 0 Å². The fraction of sp³-hybridized carbons (Fsp3) is 0.462. The minimum Gasteiger partial charge on any atom is -0.493 e. The fourth-order valence-electron chi connectivity index (χ4n) is 2.61. The van der Waals surface area contributed by atoms with Crippen LogP contribution in [0.3, 0.4) is 0 Å². The normalized spacial score (nSPS) is 17.1. The molecule has 19 heavy (non-hydrogen) atoms. The van der Waals surface area contributed by atoms with Gasteiger partial charge in [-0.2, -0.15) is 9.38 Å². The second-order valence-electron chi connectivity index (χ2n) is 4.51. The molecular formula is C13H12BrF2NO2. The quantitative estimate of drug-likeness (QED) is 0.479. The molecule has 3 nitrogen and oxygen atoms in total. The van der Waals surface area contributed by atoms with Crippen LogP contribution in [0.15, 0.2) is 15.5 Å². The van der Waals surface area contributed by atoms with E-state index in [9.17, 15) is 13.6 Å². The highest BCUT2D eigenvalue weighted by Crippen LogP contribution is 2.47. The van der Waals surface area contributed by atoms with Gasteiger partial charge in [-0.1, -0.05) is 12.8 Å². The topological polar surface area (TPSA) is 38.7 Å². The summed E-state index contributed by atoms with van der Waals surface area (Å²) in [6.07, 6.45) is 4.46. The molecule has 0 aromatic heterocycles. The van der Waals surface area contributed by atoms with Crippen molar-refractivity contribution in [1.29, 1.82) is 0 Å². The highest BCUT2D eigenvalue weighted by Gasteiger charge is 2.40. The first-order valence-corrected chi connectivity index (χ1v) is 6.66. The molecule has 1 aromatic rings. The number of carbonyl (C=O) groups excluding carboxylic acids is 1. The Labute approximate surface area is 117 Å². The molecular weight excluding hydrogens is 320 g/mol. The Hall–Kier alpha value is -1.26. The first-order valence-electron chi connectivity index (χ1n) is 5.87. The minimum atomic E-state index is -1.07. The summed E-state index contributed by atoms with van der Waals surface area (Å²) in [5.41, 5.74) is -0.467. The summed E-state index contributed by atoms with van der Waals surface area (Å²) in [6, 6.07) is 1.43. The fourth-order valence-corrected chi connectivity index (χ4v) is 3.02. The van der Waals surface area contributed by atoms with E-state index < -0.39 is 17.2 Å². The van der Waals surface area contributed by atoms with Crippen LogP contribution >= 0.6 is 15.9 Å². The Balaban J connectivity index is 2.70. The van der Waals surface area contributed by atoms with Gasteiger partial charge in [0.05, 0.1) is 11.6 Å². The van der Waals surface area contributed by atoms with Crippen molar-refractivity contribution in [2.45, 2.75) is 31.2 Å². The van der Waals surface area contributed by atoms with Gasteiger partial charge < -0.3 is 4.74 Å². The van der Waals surface area contributed by atoms with Crippen LogP contribution in [0.4, 0.5) is 8.78 Å². The number of halogens is 3. The van der Waals surface area contributed by atoms with E-state index in [0.29, 0.717) is 18.4 Å². The first kappa shape index (κ1) is 14.2. The smallest absolute Gasteiger partial charge is 0.235 e. The molecule has 1 aliphatic carbocycles. The van der Waals surface area contributed by atoms with Crippen LogP contribution in [-0.4, -0.2) is 13.2 Å². The van der Waals surface area contributed by atoms with Crippen molar-refractivity contribution in [3.63, 3.8) is 0 Å². The van der Waals surface area contributed by atoms with E-state index >= 15 is 0 Å². The lowest BCUT2D eigenvalue weighted by atomic mass is 9.88. The van der Waals surface area contributed by atoms with Gasteiger partial charge in [-0.05, 0) is 34.8 Å². The van der Waals surface area contributed by atoms with Gasteiger partial charge in [-0.25, -0.2) is 9.18 Å². The van der Waals surface area contributed by atoms with Gasteiger partial charge in [0.1, 0.15) is 5.54 Å². The maximum Gasteiger partial charge on any atom is 0.235 e. The summed E-state index contributed by atoms with van der Waals surface area (Å²) in [6.45, 7) is 0. The molecule has 0 saturated heterocycles. The molecule has 0 heterocycles. The zero-order valence-corrected chi connectivity index (χ0v) is 11.9. The van der Waals surface area contributed by atoms with Gasteiger partial charge in [0, 0.05) is 5.56 Å². The van der Waals surface area contributed by atoms with Gasteiger partial charge >= 0.3 is 0 Å². The Morgan fingerprint density at radius 1 is 1.37 bits per heavy atom. The Morgan fingerprint density at radius 2 is 2.00 bits per heavy atom. The molecule has 1 fully saturated rings. The van der Waals surface area contributed by atoms with Gasteiger partial charge in [-0.3, -0.25) is 0 Å². The highest BCUT2D eigenvalue weighted by molar-refractivity contribution is 9.10. The number of benzene rings is 1. The number of hydrogen-bond acceptors (Lipinski definition) is 3. The number of aliphatic imine (C=N–C) groups is 1. The third-order valence-corrected chi connectivity index (χ3v) is 4.09. The summed E-state index contributed by atoms with van der Waals surface area (Å²) in [5, 5.41) is 0. The SMILES string of the molecule is COc1c(C2(N=C=O)CCCC2)cc(Br)c(F)c1F. The number of rotatable bonds is 3. The third-order valence-electron chi connectivity index (χ3n) is 3.51. The van der Waals surface area contributed by atoms with Gasteiger partial charge in [0.25, 0.3) is 0 Å². The molecule has 102 valence electrons. The van der Waals surface area contributed by atoms with E-state index in [1.807, 2.05) is 0 Å². The van der Waals surface area contributed by atoms with E-state index in [4.69, 9.17) is 4.74 Å². The highest BCUT2D eigenvalue weighted by atomic mass is 79.9. The van der Waals surface area contributed by atoms with Crippen molar-refractivity contribution >= 4 is 22.0 Å². The van der Waals surface area contributed by atoms with E-state index in [1.54, 1.807) is 6.08 Å². The van der Waals surface area contributed by atoms with Crippen molar-refractivity contribution in [2.24, 2.45) is 4.99 Å². The first-order chi connectivity index (χ1) is 9.05. The minimum absolute atomic E-state index is 0.00632. The van der Waals surface area contributed by atoms with E-state index in [2.05, 4.69) is 20.9 Å². The molecule has 0 atom stereocenters. The van der Waals surface area contributed by atoms with Gasteiger partial charge in [0.2, 0.25) is 11.9 Å². The summed E-state index contributed by atoms with van der Waals surface area (Å²) in [7, 11) is 1.27. The molecule has 1 saturated carbocycles. The van der Waals surface area contributed by atoms with Crippen LogP contribution in [0.1, 0.15) is 31.2 Å². The summed E-state index contributed by atoms with van der Waals surface area (Å²) in [5.74, 6) is -2.27. The van der Waals surface area contributed by atoms with E-state index in [-0.39, 0.29) is 10.2 Å². The second kappa shape index (κ2) is 5.39. The average Bonchev–Trinajstić information content (AvgIpc) is 2.86. The van der Waals surface area contributed by atoms with Crippen molar-refractivity contribution < 1.29 is 18.3 Å². The van der Waals surface area contributed by atoms with Crippen molar-refractivity contribution in [3.05, 3.63) is 27.7 Å². The number of ether oxygens (including phenoxy) is 1. The van der Waals surface area contributed by atoms with Crippen LogP contribution in [0.25, 0.3) is 0 Å². The molecule has 0 spiro atoms. The molecule has 0 amide bonds. The molecule has 0 radical (unpaired) electrons. The predicted octanol–water partition coefficient (Wildman–Crippen LogP) is 3.84. The summed E-state index contributed by atoms with van der Waals surface area (Å²) >= 11 is 2.97. The zero-order chi connectivity index (χ0) is 14.0. The van der Waals surface area contributed by atoms with Crippen molar-refractivity contribution in [3.8, 4) is 5.75 Å². The lowest BCUT2D eigenvalue weighted by molar-refractivity contribution is 0.345. The van der Waals surface area contributed by atoms with Crippen molar-refractivity contribution in [1.82, 2.24) is 0 Å². The number of methoxy groups -OCH3 is 1.